The Morgan fingerprint density at radius 2 is 1.79 bits per heavy atom. The van der Waals surface area contributed by atoms with E-state index < -0.39 is 5.82 Å². The number of nitrogens with zero attached hydrogens (tertiary/aromatic N) is 2. The average Bonchev–Trinajstić information content (AvgIpc) is 2.58. The molecule has 0 spiro atoms. The Labute approximate surface area is 140 Å². The number of rotatable bonds is 3. The van der Waals surface area contributed by atoms with Crippen molar-refractivity contribution in [2.45, 2.75) is 13.3 Å². The first-order valence-electron chi connectivity index (χ1n) is 7.93. The van der Waals surface area contributed by atoms with Gasteiger partial charge in [-0.05, 0) is 30.7 Å². The molecular formula is C19H19FN2O2. The molecule has 5 heteroatoms. The van der Waals surface area contributed by atoms with E-state index >= 15 is 0 Å². The summed E-state index contributed by atoms with van der Waals surface area (Å²) >= 11 is 0. The molecule has 0 aliphatic carbocycles. The average molecular weight is 326 g/mol. The number of carbonyl (C=O) groups excluding carboxylic acids is 2. The van der Waals surface area contributed by atoms with Gasteiger partial charge < -0.3 is 9.80 Å². The van der Waals surface area contributed by atoms with Gasteiger partial charge in [0.1, 0.15) is 12.4 Å². The molecule has 24 heavy (non-hydrogen) atoms. The molecule has 0 radical (unpaired) electrons. The van der Waals surface area contributed by atoms with Crippen LogP contribution in [0.25, 0.3) is 0 Å². The number of aryl methyl sites for hydroxylation is 1. The van der Waals surface area contributed by atoms with Crippen molar-refractivity contribution in [1.29, 1.82) is 0 Å². The lowest BCUT2D eigenvalue weighted by Crippen LogP contribution is -2.52. The van der Waals surface area contributed by atoms with Crippen molar-refractivity contribution in [3.63, 3.8) is 0 Å². The van der Waals surface area contributed by atoms with Crippen molar-refractivity contribution >= 4 is 17.5 Å². The predicted molar refractivity (Wildman–Crippen MR) is 90.2 cm³/mol. The lowest BCUT2D eigenvalue weighted by molar-refractivity contribution is -0.136. The SMILES string of the molecule is Cc1ccc(N2CCN(C(=O)Cc3ccccc3F)CC2=O)cc1. The molecule has 0 unspecified atom stereocenters. The molecule has 3 rings (SSSR count). The summed E-state index contributed by atoms with van der Waals surface area (Å²) in [5, 5.41) is 0. The van der Waals surface area contributed by atoms with Gasteiger partial charge in [0.2, 0.25) is 11.8 Å². The first-order valence-corrected chi connectivity index (χ1v) is 7.93. The van der Waals surface area contributed by atoms with Crippen molar-refractivity contribution in [3.8, 4) is 0 Å². The van der Waals surface area contributed by atoms with Crippen molar-refractivity contribution in [3.05, 3.63) is 65.5 Å². The summed E-state index contributed by atoms with van der Waals surface area (Å²) in [5.41, 5.74) is 2.33. The van der Waals surface area contributed by atoms with E-state index in [0.29, 0.717) is 18.7 Å². The zero-order chi connectivity index (χ0) is 17.1. The molecule has 1 saturated heterocycles. The fraction of sp³-hybridized carbons (Fsp3) is 0.263. The lowest BCUT2D eigenvalue weighted by Gasteiger charge is -2.34. The molecule has 0 bridgehead atoms. The molecule has 2 aromatic carbocycles. The fourth-order valence-corrected chi connectivity index (χ4v) is 2.80. The van der Waals surface area contributed by atoms with Gasteiger partial charge in [-0.25, -0.2) is 4.39 Å². The van der Waals surface area contributed by atoms with Crippen LogP contribution >= 0.6 is 0 Å². The normalized spacial score (nSPS) is 14.8. The molecule has 0 atom stereocenters. The van der Waals surface area contributed by atoms with Crippen LogP contribution in [-0.2, 0) is 16.0 Å². The summed E-state index contributed by atoms with van der Waals surface area (Å²) < 4.78 is 13.7. The summed E-state index contributed by atoms with van der Waals surface area (Å²) in [6.45, 7) is 2.92. The van der Waals surface area contributed by atoms with Crippen molar-refractivity contribution in [1.82, 2.24) is 4.90 Å². The minimum absolute atomic E-state index is 0.0233. The number of benzene rings is 2. The maximum Gasteiger partial charge on any atom is 0.246 e. The van der Waals surface area contributed by atoms with Crippen LogP contribution in [0.4, 0.5) is 10.1 Å². The molecule has 1 fully saturated rings. The number of carbonyl (C=O) groups is 2. The standard InChI is InChI=1S/C19H19FN2O2/c1-14-6-8-16(9-7-14)22-11-10-21(13-19(22)24)18(23)12-15-4-2-3-5-17(15)20/h2-9H,10-13H2,1H3. The Morgan fingerprint density at radius 1 is 1.08 bits per heavy atom. The first kappa shape index (κ1) is 16.2. The van der Waals surface area contributed by atoms with E-state index in [1.807, 2.05) is 31.2 Å². The van der Waals surface area contributed by atoms with E-state index in [0.717, 1.165) is 11.3 Å². The molecule has 0 N–H and O–H groups in total. The quantitative estimate of drug-likeness (QED) is 0.870. The van der Waals surface area contributed by atoms with Crippen LogP contribution in [0.2, 0.25) is 0 Å². The maximum absolute atomic E-state index is 13.7. The Hall–Kier alpha value is -2.69. The van der Waals surface area contributed by atoms with Gasteiger partial charge in [-0.15, -0.1) is 0 Å². The van der Waals surface area contributed by atoms with Crippen LogP contribution in [-0.4, -0.2) is 36.3 Å². The molecule has 2 aromatic rings. The smallest absolute Gasteiger partial charge is 0.246 e. The highest BCUT2D eigenvalue weighted by molar-refractivity contribution is 5.98. The van der Waals surface area contributed by atoms with E-state index in [-0.39, 0.29) is 24.8 Å². The summed E-state index contributed by atoms with van der Waals surface area (Å²) in [4.78, 5) is 27.9. The lowest BCUT2D eigenvalue weighted by atomic mass is 10.1. The van der Waals surface area contributed by atoms with E-state index in [9.17, 15) is 14.0 Å². The molecule has 2 amide bonds. The minimum atomic E-state index is -0.393. The monoisotopic (exact) mass is 326 g/mol. The van der Waals surface area contributed by atoms with Gasteiger partial charge in [0.05, 0.1) is 6.42 Å². The van der Waals surface area contributed by atoms with E-state index in [2.05, 4.69) is 0 Å². The topological polar surface area (TPSA) is 40.6 Å². The molecule has 124 valence electrons. The first-order chi connectivity index (χ1) is 11.5. The Morgan fingerprint density at radius 3 is 2.46 bits per heavy atom. The summed E-state index contributed by atoms with van der Waals surface area (Å²) in [5.74, 6) is -0.737. The van der Waals surface area contributed by atoms with Crippen LogP contribution in [0.15, 0.2) is 48.5 Å². The Kier molecular flexibility index (Phi) is 4.60. The molecule has 1 heterocycles. The number of piperazine rings is 1. The second-order valence-corrected chi connectivity index (χ2v) is 5.96. The highest BCUT2D eigenvalue weighted by atomic mass is 19.1. The number of hydrogen-bond acceptors (Lipinski definition) is 2. The second-order valence-electron chi connectivity index (χ2n) is 5.96. The van der Waals surface area contributed by atoms with Gasteiger partial charge in [-0.1, -0.05) is 35.9 Å². The van der Waals surface area contributed by atoms with Crippen LogP contribution in [0, 0.1) is 12.7 Å². The van der Waals surface area contributed by atoms with Gasteiger partial charge in [0.15, 0.2) is 0 Å². The fourth-order valence-electron chi connectivity index (χ4n) is 2.80. The van der Waals surface area contributed by atoms with Crippen LogP contribution in [0.1, 0.15) is 11.1 Å². The number of hydrogen-bond donors (Lipinski definition) is 0. The third kappa shape index (κ3) is 3.45. The molecule has 1 aliphatic heterocycles. The van der Waals surface area contributed by atoms with Gasteiger partial charge >= 0.3 is 0 Å². The molecule has 4 nitrogen and oxygen atoms in total. The van der Waals surface area contributed by atoms with Gasteiger partial charge in [-0.3, -0.25) is 9.59 Å². The summed E-state index contributed by atoms with van der Waals surface area (Å²) in [7, 11) is 0. The van der Waals surface area contributed by atoms with Crippen molar-refractivity contribution in [2.24, 2.45) is 0 Å². The maximum atomic E-state index is 13.7. The molecular weight excluding hydrogens is 307 g/mol. The minimum Gasteiger partial charge on any atom is -0.331 e. The highest BCUT2D eigenvalue weighted by Gasteiger charge is 2.28. The zero-order valence-corrected chi connectivity index (χ0v) is 13.5. The molecule has 0 saturated carbocycles. The van der Waals surface area contributed by atoms with Crippen molar-refractivity contribution in [2.75, 3.05) is 24.5 Å². The van der Waals surface area contributed by atoms with Gasteiger partial charge in [-0.2, -0.15) is 0 Å². The third-order valence-corrected chi connectivity index (χ3v) is 4.22. The number of halogens is 1. The zero-order valence-electron chi connectivity index (χ0n) is 13.5. The van der Waals surface area contributed by atoms with E-state index in [1.165, 1.54) is 11.0 Å². The molecule has 0 aromatic heterocycles. The van der Waals surface area contributed by atoms with Gasteiger partial charge in [0, 0.05) is 18.8 Å². The third-order valence-electron chi connectivity index (χ3n) is 4.22. The van der Waals surface area contributed by atoms with Crippen LogP contribution in [0.5, 0.6) is 0 Å². The van der Waals surface area contributed by atoms with Gasteiger partial charge in [0.25, 0.3) is 0 Å². The van der Waals surface area contributed by atoms with Crippen LogP contribution < -0.4 is 4.90 Å². The predicted octanol–water partition coefficient (Wildman–Crippen LogP) is 2.55. The summed E-state index contributed by atoms with van der Waals surface area (Å²) in [6, 6.07) is 13.9. The second kappa shape index (κ2) is 6.83. The highest BCUT2D eigenvalue weighted by Crippen LogP contribution is 2.18. The Balaban J connectivity index is 1.65. The molecule has 1 aliphatic rings. The van der Waals surface area contributed by atoms with E-state index in [1.54, 1.807) is 23.1 Å². The summed E-state index contributed by atoms with van der Waals surface area (Å²) in [6.07, 6.45) is -0.0233. The largest absolute Gasteiger partial charge is 0.331 e. The number of amides is 2. The Bertz CT molecular complexity index is 758. The van der Waals surface area contributed by atoms with Crippen LogP contribution in [0.3, 0.4) is 0 Å². The van der Waals surface area contributed by atoms with Crippen molar-refractivity contribution < 1.29 is 14.0 Å². The van der Waals surface area contributed by atoms with E-state index in [4.69, 9.17) is 0 Å². The number of anilines is 1.